The zero-order valence-corrected chi connectivity index (χ0v) is 19.5. The summed E-state index contributed by atoms with van der Waals surface area (Å²) in [6.07, 6.45) is 5.25. The lowest BCUT2D eigenvalue weighted by Gasteiger charge is -2.38. The van der Waals surface area contributed by atoms with Crippen LogP contribution in [0.3, 0.4) is 0 Å². The van der Waals surface area contributed by atoms with E-state index in [1.54, 1.807) is 0 Å². The minimum absolute atomic E-state index is 0. The lowest BCUT2D eigenvalue weighted by molar-refractivity contribution is 0.253. The maximum atomic E-state index is 6.55. The second kappa shape index (κ2) is 8.26. The molecule has 0 amide bonds. The molecule has 1 saturated carbocycles. The van der Waals surface area contributed by atoms with Crippen molar-refractivity contribution < 1.29 is 0 Å². The predicted molar refractivity (Wildman–Crippen MR) is 143 cm³/mol. The highest BCUT2D eigenvalue weighted by Crippen LogP contribution is 2.40. The quantitative estimate of drug-likeness (QED) is 0.351. The lowest BCUT2D eigenvalue weighted by Crippen LogP contribution is -2.43. The van der Waals surface area contributed by atoms with Gasteiger partial charge in [0.15, 0.2) is 11.5 Å². The number of nitrogens with zero attached hydrogens (tertiary/aromatic N) is 4. The van der Waals surface area contributed by atoms with E-state index in [2.05, 4.69) is 52.7 Å². The number of rotatable bonds is 4. The van der Waals surface area contributed by atoms with E-state index in [0.29, 0.717) is 0 Å². The van der Waals surface area contributed by atoms with Crippen LogP contribution in [0.1, 0.15) is 51.9 Å². The van der Waals surface area contributed by atoms with Gasteiger partial charge in [0.05, 0.1) is 16.7 Å². The first-order valence-corrected chi connectivity index (χ1v) is 11.8. The molecule has 3 heterocycles. The van der Waals surface area contributed by atoms with Crippen LogP contribution in [-0.2, 0) is 11.1 Å². The highest BCUT2D eigenvalue weighted by Gasteiger charge is 2.34. The summed E-state index contributed by atoms with van der Waals surface area (Å²) in [4.78, 5) is 5.13. The molecule has 0 spiro atoms. The fourth-order valence-electron chi connectivity index (χ4n) is 4.90. The number of benzene rings is 2. The van der Waals surface area contributed by atoms with Crippen molar-refractivity contribution in [1.29, 1.82) is 0 Å². The number of hydrogen-bond acceptors (Lipinski definition) is 5. The summed E-state index contributed by atoms with van der Waals surface area (Å²) in [5.74, 6) is 0.719. The van der Waals surface area contributed by atoms with Crippen LogP contribution in [0.5, 0.6) is 0 Å². The fraction of sp³-hybridized carbons (Fsp3) is 0.276. The molecule has 0 aliphatic heterocycles. The van der Waals surface area contributed by atoms with Crippen LogP contribution in [0, 0.1) is 0 Å². The van der Waals surface area contributed by atoms with Gasteiger partial charge in [-0.3, -0.25) is 4.40 Å². The van der Waals surface area contributed by atoms with E-state index in [9.17, 15) is 0 Å². The molecule has 1 aliphatic carbocycles. The lowest BCUT2D eigenvalue weighted by atomic mass is 9.72. The summed E-state index contributed by atoms with van der Waals surface area (Å²) < 4.78 is 1.96. The monoisotopic (exact) mass is 464 g/mol. The number of hydrogen-bond donors (Lipinski definition) is 2. The Morgan fingerprint density at radius 2 is 1.63 bits per heavy atom. The van der Waals surface area contributed by atoms with E-state index in [4.69, 9.17) is 16.5 Å². The van der Waals surface area contributed by atoms with Crippen molar-refractivity contribution in [2.24, 2.45) is 11.5 Å². The molecule has 6 heteroatoms. The van der Waals surface area contributed by atoms with Crippen molar-refractivity contribution in [2.45, 2.75) is 51.6 Å². The van der Waals surface area contributed by atoms with Crippen LogP contribution in [0.2, 0.25) is 0 Å². The third kappa shape index (κ3) is 3.79. The van der Waals surface area contributed by atoms with Gasteiger partial charge in [-0.15, -0.1) is 10.2 Å². The molecular formula is C29H32N6. The zero-order chi connectivity index (χ0) is 23.5. The van der Waals surface area contributed by atoms with Crippen molar-refractivity contribution in [3.63, 3.8) is 0 Å². The van der Waals surface area contributed by atoms with Crippen LogP contribution >= 0.6 is 0 Å². The number of fused-ring (bicyclic) bond motifs is 3. The Hall–Kier alpha value is -3.61. The first-order chi connectivity index (χ1) is 16.3. The molecule has 1 aliphatic rings. The van der Waals surface area contributed by atoms with E-state index >= 15 is 0 Å². The van der Waals surface area contributed by atoms with E-state index in [1.807, 2.05) is 48.7 Å². The van der Waals surface area contributed by atoms with Gasteiger partial charge in [0.2, 0.25) is 0 Å². The Bertz CT molecular complexity index is 1510. The third-order valence-corrected chi connectivity index (χ3v) is 7.01. The molecule has 35 heavy (non-hydrogen) atoms. The minimum atomic E-state index is -0.606. The molecule has 1 fully saturated rings. The second-order valence-corrected chi connectivity index (χ2v) is 10.0. The molecule has 0 atom stereocenters. The highest BCUT2D eigenvalue weighted by molar-refractivity contribution is 5.98. The number of aromatic nitrogens is 4. The average Bonchev–Trinajstić information content (AvgIpc) is 3.28. The Kier molecular flexibility index (Phi) is 5.46. The largest absolute Gasteiger partial charge is 0.321 e. The van der Waals surface area contributed by atoms with Gasteiger partial charge in [0.1, 0.15) is 0 Å². The van der Waals surface area contributed by atoms with Crippen LogP contribution < -0.4 is 11.5 Å². The topological polar surface area (TPSA) is 95.1 Å². The molecule has 0 unspecified atom stereocenters. The molecular weight excluding hydrogens is 432 g/mol. The van der Waals surface area contributed by atoms with Gasteiger partial charge in [-0.05, 0) is 56.4 Å². The van der Waals surface area contributed by atoms with Crippen molar-refractivity contribution in [3.05, 3.63) is 84.3 Å². The van der Waals surface area contributed by atoms with Gasteiger partial charge in [0, 0.05) is 28.2 Å². The number of nitrogens with two attached hydrogens (primary N) is 2. The van der Waals surface area contributed by atoms with E-state index < -0.39 is 5.54 Å². The summed E-state index contributed by atoms with van der Waals surface area (Å²) in [6, 6.07) is 23.1. The molecule has 178 valence electrons. The standard InChI is InChI=1S/C28H28N6.CH4/c1-27(2,29)26-33-32-25-22-17-21(18-7-4-3-5-8-18)24(31-23(22)13-16-34(25)26)19-9-11-20(12-10-19)28(30)14-6-15-28;/h3-5,7-13,16-17H,6,14-15,29-30H2,1-2H3;1H4. The molecule has 4 N–H and O–H groups in total. The normalized spacial score (nSPS) is 15.1. The van der Waals surface area contributed by atoms with E-state index in [0.717, 1.165) is 57.6 Å². The first-order valence-electron chi connectivity index (χ1n) is 11.8. The van der Waals surface area contributed by atoms with Crippen molar-refractivity contribution in [3.8, 4) is 22.4 Å². The van der Waals surface area contributed by atoms with Gasteiger partial charge < -0.3 is 11.5 Å². The molecule has 3 aromatic heterocycles. The van der Waals surface area contributed by atoms with Crippen molar-refractivity contribution in [1.82, 2.24) is 19.6 Å². The molecule has 6 nitrogen and oxygen atoms in total. The van der Waals surface area contributed by atoms with Crippen LogP contribution in [0.25, 0.3) is 38.9 Å². The maximum absolute atomic E-state index is 6.55. The second-order valence-electron chi connectivity index (χ2n) is 10.0. The van der Waals surface area contributed by atoms with Gasteiger partial charge >= 0.3 is 0 Å². The van der Waals surface area contributed by atoms with Gasteiger partial charge in [-0.25, -0.2) is 4.98 Å². The molecule has 0 saturated heterocycles. The Morgan fingerprint density at radius 1 is 0.914 bits per heavy atom. The van der Waals surface area contributed by atoms with Gasteiger partial charge in [-0.2, -0.15) is 0 Å². The summed E-state index contributed by atoms with van der Waals surface area (Å²) in [7, 11) is 0. The van der Waals surface area contributed by atoms with Crippen LogP contribution in [0.4, 0.5) is 0 Å². The summed E-state index contributed by atoms with van der Waals surface area (Å²) in [6.45, 7) is 3.87. The van der Waals surface area contributed by atoms with E-state index in [-0.39, 0.29) is 13.0 Å². The van der Waals surface area contributed by atoms with Crippen molar-refractivity contribution in [2.75, 3.05) is 0 Å². The summed E-state index contributed by atoms with van der Waals surface area (Å²) in [5, 5.41) is 9.82. The predicted octanol–water partition coefficient (Wildman–Crippen LogP) is 5.78. The molecule has 0 bridgehead atoms. The average molecular weight is 465 g/mol. The molecule has 5 aromatic rings. The minimum Gasteiger partial charge on any atom is -0.321 e. The third-order valence-electron chi connectivity index (χ3n) is 7.01. The fourth-order valence-corrected chi connectivity index (χ4v) is 4.90. The Morgan fingerprint density at radius 3 is 2.26 bits per heavy atom. The Balaban J connectivity index is 0.00000253. The Labute approximate surface area is 206 Å². The first kappa shape index (κ1) is 23.1. The summed E-state index contributed by atoms with van der Waals surface area (Å²) in [5.41, 5.74) is 19.1. The molecule has 6 rings (SSSR count). The van der Waals surface area contributed by atoms with E-state index in [1.165, 1.54) is 12.0 Å². The number of pyridine rings is 2. The smallest absolute Gasteiger partial charge is 0.170 e. The van der Waals surface area contributed by atoms with Gasteiger partial charge in [0.25, 0.3) is 0 Å². The molecule has 0 radical (unpaired) electrons. The highest BCUT2D eigenvalue weighted by atomic mass is 15.3. The van der Waals surface area contributed by atoms with Gasteiger partial charge in [-0.1, -0.05) is 62.0 Å². The van der Waals surface area contributed by atoms with Crippen LogP contribution in [-0.4, -0.2) is 19.6 Å². The maximum Gasteiger partial charge on any atom is 0.170 e. The summed E-state index contributed by atoms with van der Waals surface area (Å²) >= 11 is 0. The van der Waals surface area contributed by atoms with Crippen molar-refractivity contribution >= 4 is 16.6 Å². The van der Waals surface area contributed by atoms with Crippen LogP contribution in [0.15, 0.2) is 72.9 Å². The zero-order valence-electron chi connectivity index (χ0n) is 19.5. The molecule has 2 aromatic carbocycles. The SMILES string of the molecule is C.CC(C)(N)c1nnc2c3cc(-c4ccccc4)c(-c4ccc(C5(N)CCC5)cc4)nc3ccn12.